The first kappa shape index (κ1) is 15.1. The summed E-state index contributed by atoms with van der Waals surface area (Å²) in [6, 6.07) is 7.89. The predicted molar refractivity (Wildman–Crippen MR) is 83.4 cm³/mol. The Hall–Kier alpha value is -1.32. The lowest BCUT2D eigenvalue weighted by molar-refractivity contribution is -0.129. The Kier molecular flexibility index (Phi) is 4.51. The normalized spacial score (nSPS) is 14.4. The summed E-state index contributed by atoms with van der Waals surface area (Å²) >= 11 is 6.52. The van der Waals surface area contributed by atoms with E-state index in [0.29, 0.717) is 6.54 Å². The number of carbonyl (C=O) groups excluding carboxylic acids is 1. The van der Waals surface area contributed by atoms with Gasteiger partial charge in [-0.1, -0.05) is 29.8 Å². The third kappa shape index (κ3) is 2.60. The van der Waals surface area contributed by atoms with Crippen molar-refractivity contribution in [2.75, 3.05) is 6.54 Å². The van der Waals surface area contributed by atoms with E-state index < -0.39 is 0 Å². The molecule has 5 heteroatoms. The van der Waals surface area contributed by atoms with Crippen LogP contribution in [0.4, 0.5) is 0 Å². The number of hydrogen-bond donors (Lipinski definition) is 0. The second-order valence-electron chi connectivity index (χ2n) is 4.91. The summed E-state index contributed by atoms with van der Waals surface area (Å²) < 4.78 is 0. The van der Waals surface area contributed by atoms with Gasteiger partial charge in [-0.3, -0.25) is 9.78 Å². The SMILES string of the molecule is CC(=O)N1CCCc2nc3ccccc3c(Cl)c2C1.Cl. The zero-order valence-corrected chi connectivity index (χ0v) is 12.8. The molecule has 2 aromatic rings. The van der Waals surface area contributed by atoms with Crippen LogP contribution in [-0.2, 0) is 17.8 Å². The molecule has 0 fully saturated rings. The standard InChI is InChI=1S/C15H15ClN2O.ClH/c1-10(19)18-8-4-7-14-12(9-18)15(16)11-5-2-3-6-13(11)17-14;/h2-3,5-6H,4,7-9H2,1H3;1H. The van der Waals surface area contributed by atoms with Gasteiger partial charge in [-0.05, 0) is 18.9 Å². The third-order valence-electron chi connectivity index (χ3n) is 3.65. The van der Waals surface area contributed by atoms with Crippen LogP contribution in [0.25, 0.3) is 10.9 Å². The maximum atomic E-state index is 11.6. The van der Waals surface area contributed by atoms with Crippen LogP contribution in [0.1, 0.15) is 24.6 Å². The molecule has 0 saturated heterocycles. The van der Waals surface area contributed by atoms with E-state index in [9.17, 15) is 4.79 Å². The molecule has 1 amide bonds. The van der Waals surface area contributed by atoms with Crippen molar-refractivity contribution < 1.29 is 4.79 Å². The number of amides is 1. The van der Waals surface area contributed by atoms with Gasteiger partial charge in [0.05, 0.1) is 10.5 Å². The number of pyridine rings is 1. The molecule has 0 bridgehead atoms. The number of rotatable bonds is 0. The van der Waals surface area contributed by atoms with Gasteiger partial charge < -0.3 is 4.90 Å². The van der Waals surface area contributed by atoms with Crippen molar-refractivity contribution in [2.45, 2.75) is 26.3 Å². The van der Waals surface area contributed by atoms with Crippen LogP contribution in [0, 0.1) is 0 Å². The number of nitrogens with zero attached hydrogens (tertiary/aromatic N) is 2. The van der Waals surface area contributed by atoms with Gasteiger partial charge >= 0.3 is 0 Å². The van der Waals surface area contributed by atoms with Gasteiger partial charge in [0.25, 0.3) is 0 Å². The molecule has 0 saturated carbocycles. The minimum Gasteiger partial charge on any atom is -0.338 e. The molecule has 0 N–H and O–H groups in total. The van der Waals surface area contributed by atoms with E-state index in [1.807, 2.05) is 29.2 Å². The van der Waals surface area contributed by atoms with Gasteiger partial charge in [0.1, 0.15) is 0 Å². The molecule has 1 aromatic heterocycles. The van der Waals surface area contributed by atoms with Crippen molar-refractivity contribution >= 4 is 40.8 Å². The number of fused-ring (bicyclic) bond motifs is 2. The Labute approximate surface area is 129 Å². The maximum absolute atomic E-state index is 11.6. The largest absolute Gasteiger partial charge is 0.338 e. The fourth-order valence-electron chi connectivity index (χ4n) is 2.60. The summed E-state index contributed by atoms with van der Waals surface area (Å²) in [5, 5.41) is 1.71. The summed E-state index contributed by atoms with van der Waals surface area (Å²) in [4.78, 5) is 18.1. The van der Waals surface area contributed by atoms with Crippen LogP contribution < -0.4 is 0 Å². The Bertz CT molecular complexity index is 658. The first-order chi connectivity index (χ1) is 9.16. The Morgan fingerprint density at radius 3 is 2.85 bits per heavy atom. The number of halogens is 2. The zero-order valence-electron chi connectivity index (χ0n) is 11.2. The maximum Gasteiger partial charge on any atom is 0.219 e. The Morgan fingerprint density at radius 2 is 2.10 bits per heavy atom. The molecule has 0 atom stereocenters. The molecule has 2 heterocycles. The summed E-state index contributed by atoms with van der Waals surface area (Å²) in [6.07, 6.45) is 1.82. The highest BCUT2D eigenvalue weighted by Crippen LogP contribution is 2.31. The second kappa shape index (κ2) is 5.98. The van der Waals surface area contributed by atoms with Crippen molar-refractivity contribution in [2.24, 2.45) is 0 Å². The minimum atomic E-state index is 0. The molecule has 1 aliphatic rings. The average Bonchev–Trinajstić information content (AvgIpc) is 2.62. The molecule has 3 rings (SSSR count). The van der Waals surface area contributed by atoms with Crippen molar-refractivity contribution in [3.63, 3.8) is 0 Å². The highest BCUT2D eigenvalue weighted by atomic mass is 35.5. The summed E-state index contributed by atoms with van der Waals surface area (Å²) in [5.41, 5.74) is 2.98. The molecule has 20 heavy (non-hydrogen) atoms. The molecule has 1 aromatic carbocycles. The summed E-state index contributed by atoms with van der Waals surface area (Å²) in [6.45, 7) is 2.95. The van der Waals surface area contributed by atoms with Crippen molar-refractivity contribution in [1.82, 2.24) is 9.88 Å². The van der Waals surface area contributed by atoms with E-state index in [1.54, 1.807) is 6.92 Å². The van der Waals surface area contributed by atoms with Crippen molar-refractivity contribution in [3.05, 3.63) is 40.5 Å². The van der Waals surface area contributed by atoms with Crippen LogP contribution in [0.2, 0.25) is 5.02 Å². The van der Waals surface area contributed by atoms with E-state index in [-0.39, 0.29) is 18.3 Å². The fourth-order valence-corrected chi connectivity index (χ4v) is 2.93. The monoisotopic (exact) mass is 310 g/mol. The van der Waals surface area contributed by atoms with Crippen molar-refractivity contribution in [3.8, 4) is 0 Å². The zero-order chi connectivity index (χ0) is 13.4. The van der Waals surface area contributed by atoms with Crippen LogP contribution in [-0.4, -0.2) is 22.3 Å². The number of carbonyl (C=O) groups is 1. The number of aryl methyl sites for hydroxylation is 1. The average molecular weight is 311 g/mol. The van der Waals surface area contributed by atoms with E-state index >= 15 is 0 Å². The van der Waals surface area contributed by atoms with Gasteiger partial charge in [-0.2, -0.15) is 0 Å². The minimum absolute atomic E-state index is 0. The third-order valence-corrected chi connectivity index (χ3v) is 4.08. The molecule has 3 nitrogen and oxygen atoms in total. The first-order valence-electron chi connectivity index (χ1n) is 6.48. The van der Waals surface area contributed by atoms with Gasteiger partial charge in [0.2, 0.25) is 5.91 Å². The molecular weight excluding hydrogens is 295 g/mol. The fraction of sp³-hybridized carbons (Fsp3) is 0.333. The highest BCUT2D eigenvalue weighted by molar-refractivity contribution is 6.36. The Balaban J connectivity index is 0.00000147. The van der Waals surface area contributed by atoms with E-state index in [4.69, 9.17) is 16.6 Å². The van der Waals surface area contributed by atoms with Gasteiger partial charge in [0.15, 0.2) is 0 Å². The van der Waals surface area contributed by atoms with E-state index in [2.05, 4.69) is 0 Å². The molecule has 0 unspecified atom stereocenters. The number of hydrogen-bond acceptors (Lipinski definition) is 2. The van der Waals surface area contributed by atoms with Crippen molar-refractivity contribution in [1.29, 1.82) is 0 Å². The lowest BCUT2D eigenvalue weighted by atomic mass is 10.1. The summed E-state index contributed by atoms with van der Waals surface area (Å²) in [5.74, 6) is 0.0945. The highest BCUT2D eigenvalue weighted by Gasteiger charge is 2.21. The second-order valence-corrected chi connectivity index (χ2v) is 5.29. The van der Waals surface area contributed by atoms with Crippen LogP contribution >= 0.6 is 24.0 Å². The molecule has 106 valence electrons. The topological polar surface area (TPSA) is 33.2 Å². The lowest BCUT2D eigenvalue weighted by Gasteiger charge is -2.19. The van der Waals surface area contributed by atoms with Crippen LogP contribution in [0.15, 0.2) is 24.3 Å². The predicted octanol–water partition coefficient (Wildman–Crippen LogP) is 3.60. The van der Waals surface area contributed by atoms with Crippen LogP contribution in [0.5, 0.6) is 0 Å². The smallest absolute Gasteiger partial charge is 0.219 e. The molecule has 0 aliphatic carbocycles. The molecule has 0 spiro atoms. The number of benzene rings is 1. The van der Waals surface area contributed by atoms with E-state index in [1.165, 1.54) is 0 Å². The molecule has 0 radical (unpaired) electrons. The molecular formula is C15H16Cl2N2O. The number of aromatic nitrogens is 1. The lowest BCUT2D eigenvalue weighted by Crippen LogP contribution is -2.28. The van der Waals surface area contributed by atoms with Gasteiger partial charge in [-0.15, -0.1) is 12.4 Å². The van der Waals surface area contributed by atoms with E-state index in [0.717, 1.165) is 46.6 Å². The first-order valence-corrected chi connectivity index (χ1v) is 6.86. The van der Waals surface area contributed by atoms with Gasteiger partial charge in [-0.25, -0.2) is 0 Å². The van der Waals surface area contributed by atoms with Gasteiger partial charge in [0, 0.05) is 36.7 Å². The quantitative estimate of drug-likeness (QED) is 0.745. The van der Waals surface area contributed by atoms with Crippen LogP contribution in [0.3, 0.4) is 0 Å². The number of para-hydroxylation sites is 1. The molecule has 1 aliphatic heterocycles. The summed E-state index contributed by atoms with van der Waals surface area (Å²) in [7, 11) is 0. The Morgan fingerprint density at radius 1 is 1.35 bits per heavy atom.